The van der Waals surface area contributed by atoms with Gasteiger partial charge in [0.1, 0.15) is 0 Å². The number of carbonyl (C=O) groups excluding carboxylic acids is 1. The Morgan fingerprint density at radius 2 is 2.33 bits per heavy atom. The average molecular weight is 228 g/mol. The molecule has 0 spiro atoms. The van der Waals surface area contributed by atoms with Crippen LogP contribution in [0.25, 0.3) is 0 Å². The van der Waals surface area contributed by atoms with Gasteiger partial charge in [-0.3, -0.25) is 10.7 Å². The summed E-state index contributed by atoms with van der Waals surface area (Å²) in [6, 6.07) is 4.64. The highest BCUT2D eigenvalue weighted by molar-refractivity contribution is 6.31. The average Bonchev–Trinajstić information content (AvgIpc) is 2.64. The van der Waals surface area contributed by atoms with Crippen molar-refractivity contribution in [2.75, 3.05) is 5.48 Å². The predicted octanol–water partition coefficient (Wildman–Crippen LogP) is 2.74. The van der Waals surface area contributed by atoms with Crippen LogP contribution in [0.3, 0.4) is 0 Å². The van der Waals surface area contributed by atoms with Crippen molar-refractivity contribution in [2.24, 2.45) is 10.2 Å². The summed E-state index contributed by atoms with van der Waals surface area (Å²) in [7, 11) is 0. The third kappa shape index (κ3) is 1.90. The van der Waals surface area contributed by atoms with Gasteiger partial charge >= 0.3 is 6.09 Å². The van der Waals surface area contributed by atoms with E-state index in [1.165, 1.54) is 6.07 Å². The second-order valence-electron chi connectivity index (χ2n) is 2.80. The Balaban J connectivity index is 2.29. The summed E-state index contributed by atoms with van der Waals surface area (Å²) >= 11 is 5.89. The van der Waals surface area contributed by atoms with Crippen molar-refractivity contribution < 1.29 is 14.7 Å². The maximum atomic E-state index is 10.7. The van der Waals surface area contributed by atoms with Crippen molar-refractivity contribution in [1.82, 2.24) is 0 Å². The lowest BCUT2D eigenvalue weighted by Gasteiger charge is -2.08. The summed E-state index contributed by atoms with van der Waals surface area (Å²) in [5.41, 5.74) is 2.90. The van der Waals surface area contributed by atoms with E-state index in [9.17, 15) is 4.79 Å². The summed E-state index contributed by atoms with van der Waals surface area (Å²) in [5.74, 6) is 0. The van der Waals surface area contributed by atoms with E-state index in [4.69, 9.17) is 21.5 Å². The van der Waals surface area contributed by atoms with E-state index >= 15 is 0 Å². The lowest BCUT2D eigenvalue weighted by atomic mass is 10.2. The normalized spacial score (nSPS) is 19.1. The van der Waals surface area contributed by atoms with Gasteiger partial charge in [0.05, 0.1) is 10.7 Å². The summed E-state index contributed by atoms with van der Waals surface area (Å²) < 4.78 is 4.76. The number of nitrogens with zero attached hydrogens (tertiary/aromatic N) is 2. The molecule has 0 saturated carbocycles. The van der Waals surface area contributed by atoms with E-state index in [1.807, 2.05) is 5.48 Å². The van der Waals surface area contributed by atoms with Gasteiger partial charge in [0.15, 0.2) is 0 Å². The van der Waals surface area contributed by atoms with E-state index < -0.39 is 12.3 Å². The lowest BCUT2D eigenvalue weighted by molar-refractivity contribution is 0.133. The number of cyclic esters (lactones) is 1. The van der Waals surface area contributed by atoms with Crippen LogP contribution < -0.4 is 5.48 Å². The van der Waals surface area contributed by atoms with Crippen molar-refractivity contribution in [1.29, 1.82) is 0 Å². The molecule has 1 atom stereocenters. The lowest BCUT2D eigenvalue weighted by Crippen LogP contribution is -2.00. The van der Waals surface area contributed by atoms with Crippen molar-refractivity contribution in [3.63, 3.8) is 0 Å². The molecule has 0 bridgehead atoms. The molecule has 0 radical (unpaired) electrons. The quantitative estimate of drug-likeness (QED) is 0.761. The summed E-state index contributed by atoms with van der Waals surface area (Å²) in [6.45, 7) is 0. The molecule has 15 heavy (non-hydrogen) atoms. The van der Waals surface area contributed by atoms with Gasteiger partial charge in [0, 0.05) is 5.56 Å². The minimum Gasteiger partial charge on any atom is -0.415 e. The van der Waals surface area contributed by atoms with Crippen molar-refractivity contribution in [2.45, 2.75) is 6.23 Å². The largest absolute Gasteiger partial charge is 0.454 e. The van der Waals surface area contributed by atoms with Gasteiger partial charge in [0.2, 0.25) is 6.23 Å². The molecule has 0 aromatic heterocycles. The Labute approximate surface area is 89.5 Å². The Kier molecular flexibility index (Phi) is 2.53. The molecule has 0 saturated heterocycles. The van der Waals surface area contributed by atoms with Gasteiger partial charge in [-0.15, -0.1) is 5.11 Å². The highest BCUT2D eigenvalue weighted by atomic mass is 35.5. The molecule has 6 nitrogen and oxygen atoms in total. The molecular weight excluding hydrogens is 222 g/mol. The molecule has 0 fully saturated rings. The first-order valence-electron chi connectivity index (χ1n) is 4.02. The first-order valence-corrected chi connectivity index (χ1v) is 4.39. The summed E-state index contributed by atoms with van der Waals surface area (Å²) in [6.07, 6.45) is -1.53. The number of ether oxygens (including phenoxy) is 1. The van der Waals surface area contributed by atoms with Gasteiger partial charge in [-0.25, -0.2) is 4.79 Å². The fraction of sp³-hybridized carbons (Fsp3) is 0.125. The van der Waals surface area contributed by atoms with Gasteiger partial charge in [-0.2, -0.15) is 0 Å². The molecule has 7 heteroatoms. The second-order valence-corrected chi connectivity index (χ2v) is 3.21. The molecule has 1 heterocycles. The van der Waals surface area contributed by atoms with Crippen LogP contribution in [-0.2, 0) is 4.74 Å². The van der Waals surface area contributed by atoms with Gasteiger partial charge in [-0.1, -0.05) is 16.7 Å². The van der Waals surface area contributed by atoms with Crippen LogP contribution >= 0.6 is 11.6 Å². The van der Waals surface area contributed by atoms with E-state index in [1.54, 1.807) is 12.1 Å². The topological polar surface area (TPSA) is 83.3 Å². The fourth-order valence-electron chi connectivity index (χ4n) is 1.16. The van der Waals surface area contributed by atoms with E-state index in [2.05, 4.69) is 10.2 Å². The number of benzene rings is 1. The molecule has 1 aliphatic heterocycles. The molecule has 1 aromatic carbocycles. The molecular formula is C8H6ClN3O3. The number of azo groups is 1. The van der Waals surface area contributed by atoms with Crippen LogP contribution in [0, 0.1) is 0 Å². The molecule has 1 amide bonds. The Morgan fingerprint density at radius 1 is 1.53 bits per heavy atom. The minimum atomic E-state index is -0.794. The number of nitrogens with one attached hydrogen (secondary N) is 1. The molecule has 1 unspecified atom stereocenters. The van der Waals surface area contributed by atoms with Gasteiger partial charge in [0.25, 0.3) is 0 Å². The first-order chi connectivity index (χ1) is 7.20. The van der Waals surface area contributed by atoms with E-state index in [0.717, 1.165) is 0 Å². The number of hydrogen-bond donors (Lipinski definition) is 2. The Hall–Kier alpha value is -1.66. The zero-order chi connectivity index (χ0) is 10.8. The van der Waals surface area contributed by atoms with Crippen molar-refractivity contribution in [3.8, 4) is 0 Å². The molecule has 0 aliphatic carbocycles. The molecule has 78 valence electrons. The van der Waals surface area contributed by atoms with E-state index in [0.29, 0.717) is 16.3 Å². The predicted molar refractivity (Wildman–Crippen MR) is 50.9 cm³/mol. The number of amides is 1. The maximum absolute atomic E-state index is 10.7. The monoisotopic (exact) mass is 227 g/mol. The third-order valence-corrected chi connectivity index (χ3v) is 2.18. The number of hydrogen-bond acceptors (Lipinski definition) is 5. The number of rotatable bonds is 2. The highest BCUT2D eigenvalue weighted by Crippen LogP contribution is 2.32. The van der Waals surface area contributed by atoms with Crippen LogP contribution in [0.4, 0.5) is 10.5 Å². The SMILES string of the molecule is O=C1N=NC(c2ccc(NO)cc2Cl)O1. The van der Waals surface area contributed by atoms with Crippen LogP contribution in [0.5, 0.6) is 0 Å². The summed E-state index contributed by atoms with van der Waals surface area (Å²) in [4.78, 5) is 10.7. The third-order valence-electron chi connectivity index (χ3n) is 1.85. The zero-order valence-corrected chi connectivity index (χ0v) is 8.10. The molecule has 1 aromatic rings. The molecule has 1 aliphatic rings. The minimum absolute atomic E-state index is 0.327. The van der Waals surface area contributed by atoms with Crippen LogP contribution in [0.15, 0.2) is 28.4 Å². The van der Waals surface area contributed by atoms with Crippen LogP contribution in [0.1, 0.15) is 11.8 Å². The second kappa shape index (κ2) is 3.84. The maximum Gasteiger partial charge on any atom is 0.454 e. The standard InChI is InChI=1S/C8H6ClN3O3/c9-6-3-4(12-14)1-2-5(6)7-10-11-8(13)15-7/h1-3,7,12,14H. The number of carbonyl (C=O) groups is 1. The highest BCUT2D eigenvalue weighted by Gasteiger charge is 2.24. The number of anilines is 1. The Morgan fingerprint density at radius 3 is 2.87 bits per heavy atom. The zero-order valence-electron chi connectivity index (χ0n) is 7.35. The van der Waals surface area contributed by atoms with Gasteiger partial charge in [-0.05, 0) is 18.2 Å². The van der Waals surface area contributed by atoms with E-state index in [-0.39, 0.29) is 0 Å². The van der Waals surface area contributed by atoms with Crippen molar-refractivity contribution >= 4 is 23.4 Å². The first kappa shape index (κ1) is 9.88. The molecule has 2 rings (SSSR count). The Bertz CT molecular complexity index is 435. The van der Waals surface area contributed by atoms with Crippen LogP contribution in [0.2, 0.25) is 5.02 Å². The molecule has 2 N–H and O–H groups in total. The van der Waals surface area contributed by atoms with Crippen molar-refractivity contribution in [3.05, 3.63) is 28.8 Å². The summed E-state index contributed by atoms with van der Waals surface area (Å²) in [5, 5.41) is 15.8. The van der Waals surface area contributed by atoms with Gasteiger partial charge < -0.3 is 4.74 Å². The fourth-order valence-corrected chi connectivity index (χ4v) is 1.44. The van der Waals surface area contributed by atoms with Crippen LogP contribution in [-0.4, -0.2) is 11.3 Å². The smallest absolute Gasteiger partial charge is 0.415 e. The number of halogens is 1.